The van der Waals surface area contributed by atoms with Gasteiger partial charge in [-0.15, -0.1) is 12.4 Å². The standard InChI is InChI=1S/C13H17ClN4O2.ClH/c14-10-3-2-9(12(19)16-5-1-4-15)8-11(10)18-7-6-17-13(18)20;/h2-3,8H,1,4-7,15H2,(H,16,19)(H,17,20);1H. The van der Waals surface area contributed by atoms with Crippen LogP contribution in [-0.2, 0) is 0 Å². The quantitative estimate of drug-likeness (QED) is 0.711. The van der Waals surface area contributed by atoms with E-state index in [1.807, 2.05) is 0 Å². The Morgan fingerprint density at radius 3 is 2.86 bits per heavy atom. The Morgan fingerprint density at radius 1 is 1.48 bits per heavy atom. The van der Waals surface area contributed by atoms with Crippen molar-refractivity contribution in [3.8, 4) is 0 Å². The van der Waals surface area contributed by atoms with Gasteiger partial charge >= 0.3 is 6.03 Å². The minimum Gasteiger partial charge on any atom is -0.352 e. The van der Waals surface area contributed by atoms with Gasteiger partial charge in [-0.05, 0) is 31.2 Å². The van der Waals surface area contributed by atoms with Crippen molar-refractivity contribution in [1.29, 1.82) is 0 Å². The van der Waals surface area contributed by atoms with Gasteiger partial charge in [0.15, 0.2) is 0 Å². The highest BCUT2D eigenvalue weighted by molar-refractivity contribution is 6.34. The average molecular weight is 333 g/mol. The van der Waals surface area contributed by atoms with E-state index in [4.69, 9.17) is 17.3 Å². The van der Waals surface area contributed by atoms with E-state index in [1.54, 1.807) is 18.2 Å². The molecule has 0 bridgehead atoms. The van der Waals surface area contributed by atoms with Crippen LogP contribution in [0.5, 0.6) is 0 Å². The van der Waals surface area contributed by atoms with E-state index in [0.717, 1.165) is 6.42 Å². The number of amides is 3. The summed E-state index contributed by atoms with van der Waals surface area (Å²) >= 11 is 6.10. The largest absolute Gasteiger partial charge is 0.352 e. The minimum absolute atomic E-state index is 0. The number of nitrogens with two attached hydrogens (primary N) is 1. The zero-order valence-electron chi connectivity index (χ0n) is 11.4. The third-order valence-electron chi connectivity index (χ3n) is 3.02. The second kappa shape index (κ2) is 8.07. The van der Waals surface area contributed by atoms with Crippen LogP contribution in [0.4, 0.5) is 10.5 Å². The molecule has 0 radical (unpaired) electrons. The summed E-state index contributed by atoms with van der Waals surface area (Å²) in [4.78, 5) is 25.2. The van der Waals surface area contributed by atoms with Crippen molar-refractivity contribution in [3.05, 3.63) is 28.8 Å². The van der Waals surface area contributed by atoms with Gasteiger partial charge in [0.2, 0.25) is 0 Å². The van der Waals surface area contributed by atoms with Gasteiger partial charge in [-0.3, -0.25) is 9.69 Å². The van der Waals surface area contributed by atoms with Gasteiger partial charge in [-0.1, -0.05) is 11.6 Å². The van der Waals surface area contributed by atoms with Crippen LogP contribution in [0.25, 0.3) is 0 Å². The van der Waals surface area contributed by atoms with E-state index >= 15 is 0 Å². The molecule has 6 nitrogen and oxygen atoms in total. The molecular formula is C13H18Cl2N4O2. The summed E-state index contributed by atoms with van der Waals surface area (Å²) in [7, 11) is 0. The Labute approximate surface area is 134 Å². The van der Waals surface area contributed by atoms with Crippen LogP contribution in [0, 0.1) is 0 Å². The number of carbonyl (C=O) groups excluding carboxylic acids is 2. The Balaban J connectivity index is 0.00000220. The molecule has 4 N–H and O–H groups in total. The Kier molecular flexibility index (Phi) is 6.74. The highest BCUT2D eigenvalue weighted by Gasteiger charge is 2.24. The first-order valence-electron chi connectivity index (χ1n) is 6.46. The predicted molar refractivity (Wildman–Crippen MR) is 85.4 cm³/mol. The monoisotopic (exact) mass is 332 g/mol. The number of rotatable bonds is 5. The number of urea groups is 1. The lowest BCUT2D eigenvalue weighted by Gasteiger charge is -2.17. The Bertz CT molecular complexity index is 525. The van der Waals surface area contributed by atoms with Crippen LogP contribution in [0.2, 0.25) is 5.02 Å². The molecule has 3 amide bonds. The highest BCUT2D eigenvalue weighted by atomic mass is 35.5. The van der Waals surface area contributed by atoms with Gasteiger partial charge in [-0.2, -0.15) is 0 Å². The molecule has 8 heteroatoms. The summed E-state index contributed by atoms with van der Waals surface area (Å²) in [5.74, 6) is -0.198. The van der Waals surface area contributed by atoms with Gasteiger partial charge < -0.3 is 16.4 Å². The molecule has 1 saturated heterocycles. The van der Waals surface area contributed by atoms with E-state index in [0.29, 0.717) is 42.5 Å². The molecule has 0 aromatic heterocycles. The van der Waals surface area contributed by atoms with Crippen molar-refractivity contribution in [2.24, 2.45) is 5.73 Å². The first-order valence-corrected chi connectivity index (χ1v) is 6.84. The van der Waals surface area contributed by atoms with Crippen LogP contribution in [0.15, 0.2) is 18.2 Å². The molecular weight excluding hydrogens is 315 g/mol. The van der Waals surface area contributed by atoms with Crippen molar-refractivity contribution in [2.45, 2.75) is 6.42 Å². The third kappa shape index (κ3) is 4.23. The first-order chi connectivity index (χ1) is 9.63. The fraction of sp³-hybridized carbons (Fsp3) is 0.385. The maximum atomic E-state index is 12.0. The molecule has 0 atom stereocenters. The van der Waals surface area contributed by atoms with Crippen molar-refractivity contribution in [3.63, 3.8) is 0 Å². The van der Waals surface area contributed by atoms with E-state index in [2.05, 4.69) is 10.6 Å². The fourth-order valence-corrected chi connectivity index (χ4v) is 2.19. The average Bonchev–Trinajstić information content (AvgIpc) is 2.85. The van der Waals surface area contributed by atoms with Gasteiger partial charge in [0, 0.05) is 25.2 Å². The summed E-state index contributed by atoms with van der Waals surface area (Å²) in [5.41, 5.74) is 6.40. The highest BCUT2D eigenvalue weighted by Crippen LogP contribution is 2.28. The zero-order chi connectivity index (χ0) is 14.5. The van der Waals surface area contributed by atoms with Gasteiger partial charge in [0.1, 0.15) is 0 Å². The Hall–Kier alpha value is -1.50. The molecule has 116 valence electrons. The molecule has 0 spiro atoms. The Morgan fingerprint density at radius 2 is 2.24 bits per heavy atom. The minimum atomic E-state index is -0.201. The second-order valence-corrected chi connectivity index (χ2v) is 4.86. The maximum Gasteiger partial charge on any atom is 0.322 e. The van der Waals surface area contributed by atoms with E-state index < -0.39 is 0 Å². The molecule has 0 saturated carbocycles. The van der Waals surface area contributed by atoms with Gasteiger partial charge in [0.05, 0.1) is 10.7 Å². The summed E-state index contributed by atoms with van der Waals surface area (Å²) < 4.78 is 0. The lowest BCUT2D eigenvalue weighted by molar-refractivity contribution is 0.0953. The number of hydrogen-bond donors (Lipinski definition) is 3. The molecule has 1 aromatic rings. The number of nitrogens with one attached hydrogen (secondary N) is 2. The molecule has 21 heavy (non-hydrogen) atoms. The van der Waals surface area contributed by atoms with Crippen molar-refractivity contribution < 1.29 is 9.59 Å². The van der Waals surface area contributed by atoms with Crippen LogP contribution in [0.3, 0.4) is 0 Å². The lowest BCUT2D eigenvalue weighted by atomic mass is 10.1. The second-order valence-electron chi connectivity index (χ2n) is 4.45. The molecule has 0 aliphatic carbocycles. The third-order valence-corrected chi connectivity index (χ3v) is 3.34. The number of benzene rings is 1. The maximum absolute atomic E-state index is 12.0. The topological polar surface area (TPSA) is 87.5 Å². The van der Waals surface area contributed by atoms with Crippen LogP contribution >= 0.6 is 24.0 Å². The van der Waals surface area contributed by atoms with Crippen LogP contribution in [0.1, 0.15) is 16.8 Å². The molecule has 1 aliphatic rings. The number of halogens is 2. The van der Waals surface area contributed by atoms with Crippen molar-refractivity contribution in [2.75, 3.05) is 31.1 Å². The molecule has 1 fully saturated rings. The predicted octanol–water partition coefficient (Wildman–Crippen LogP) is 1.37. The molecule has 1 heterocycles. The van der Waals surface area contributed by atoms with Crippen LogP contribution in [-0.4, -0.2) is 38.1 Å². The molecule has 0 unspecified atom stereocenters. The number of anilines is 1. The van der Waals surface area contributed by atoms with Crippen molar-refractivity contribution in [1.82, 2.24) is 10.6 Å². The SMILES string of the molecule is Cl.NCCCNC(=O)c1ccc(Cl)c(N2CCNC2=O)c1. The summed E-state index contributed by atoms with van der Waals surface area (Å²) in [6.45, 7) is 2.16. The summed E-state index contributed by atoms with van der Waals surface area (Å²) in [6.07, 6.45) is 0.723. The molecule has 2 rings (SSSR count). The normalized spacial score (nSPS) is 13.6. The summed E-state index contributed by atoms with van der Waals surface area (Å²) in [5, 5.41) is 5.91. The van der Waals surface area contributed by atoms with Gasteiger partial charge in [-0.25, -0.2) is 4.79 Å². The summed E-state index contributed by atoms with van der Waals surface area (Å²) in [6, 6.07) is 4.69. The smallest absolute Gasteiger partial charge is 0.322 e. The van der Waals surface area contributed by atoms with E-state index in [1.165, 1.54) is 4.90 Å². The van der Waals surface area contributed by atoms with Crippen LogP contribution < -0.4 is 21.3 Å². The van der Waals surface area contributed by atoms with Crippen molar-refractivity contribution >= 4 is 41.6 Å². The zero-order valence-corrected chi connectivity index (χ0v) is 13.0. The number of carbonyl (C=O) groups is 2. The van der Waals surface area contributed by atoms with E-state index in [9.17, 15) is 9.59 Å². The lowest BCUT2D eigenvalue weighted by Crippen LogP contribution is -2.29. The number of nitrogens with zero attached hydrogens (tertiary/aromatic N) is 1. The number of hydrogen-bond acceptors (Lipinski definition) is 3. The van der Waals surface area contributed by atoms with Gasteiger partial charge in [0.25, 0.3) is 5.91 Å². The fourth-order valence-electron chi connectivity index (χ4n) is 1.97. The molecule has 1 aromatic carbocycles. The first kappa shape index (κ1) is 17.6. The van der Waals surface area contributed by atoms with E-state index in [-0.39, 0.29) is 24.3 Å². The molecule has 1 aliphatic heterocycles.